The van der Waals surface area contributed by atoms with Gasteiger partial charge in [-0.1, -0.05) is 30.3 Å². The first kappa shape index (κ1) is 13.1. The van der Waals surface area contributed by atoms with Crippen molar-refractivity contribution in [2.45, 2.75) is 32.4 Å². The number of nitrogens with zero attached hydrogens (tertiary/aromatic N) is 1. The first-order chi connectivity index (χ1) is 7.52. The molecule has 0 aliphatic carbocycles. The van der Waals surface area contributed by atoms with Crippen LogP contribution in [0.25, 0.3) is 0 Å². The summed E-state index contributed by atoms with van der Waals surface area (Å²) in [6.07, 6.45) is -2.30. The van der Waals surface area contributed by atoms with Crippen LogP contribution in [-0.4, -0.2) is 39.2 Å². The quantitative estimate of drug-likeness (QED) is 0.645. The van der Waals surface area contributed by atoms with Gasteiger partial charge in [-0.3, -0.25) is 4.90 Å². The number of rotatable bonds is 5. The summed E-state index contributed by atoms with van der Waals surface area (Å²) in [5, 5.41) is 28.8. The van der Waals surface area contributed by atoms with Crippen LogP contribution in [0.15, 0.2) is 30.3 Å². The Balaban J connectivity index is 2.65. The lowest BCUT2D eigenvalue weighted by atomic mass is 10.1. The van der Waals surface area contributed by atoms with Gasteiger partial charge in [-0.2, -0.15) is 0 Å². The van der Waals surface area contributed by atoms with Gasteiger partial charge < -0.3 is 15.3 Å². The Hall–Kier alpha value is -0.940. The van der Waals surface area contributed by atoms with Crippen molar-refractivity contribution in [2.75, 3.05) is 6.54 Å². The van der Waals surface area contributed by atoms with Crippen LogP contribution in [0.5, 0.6) is 0 Å². The summed E-state index contributed by atoms with van der Waals surface area (Å²) in [5.74, 6) is 0. The van der Waals surface area contributed by atoms with Crippen LogP contribution in [0.4, 0.5) is 0 Å². The Morgan fingerprint density at radius 3 is 1.94 bits per heavy atom. The summed E-state index contributed by atoms with van der Waals surface area (Å²) in [5.41, 5.74) is 0.772. The van der Waals surface area contributed by atoms with Gasteiger partial charge >= 0.3 is 0 Å². The van der Waals surface area contributed by atoms with Crippen LogP contribution in [0.1, 0.15) is 25.5 Å². The first-order valence-electron chi connectivity index (χ1n) is 5.37. The third kappa shape index (κ3) is 3.57. The minimum Gasteiger partial charge on any atom is -0.387 e. The van der Waals surface area contributed by atoms with E-state index in [1.165, 1.54) is 4.90 Å². The third-order valence-corrected chi connectivity index (χ3v) is 2.53. The van der Waals surface area contributed by atoms with Gasteiger partial charge in [0.05, 0.1) is 6.10 Å². The van der Waals surface area contributed by atoms with Crippen LogP contribution >= 0.6 is 0 Å². The molecular weight excluding hydrogens is 206 g/mol. The minimum absolute atomic E-state index is 0.194. The highest BCUT2D eigenvalue weighted by Crippen LogP contribution is 2.15. The number of aliphatic hydroxyl groups is 3. The lowest BCUT2D eigenvalue weighted by Gasteiger charge is -2.30. The Morgan fingerprint density at radius 1 is 1.00 bits per heavy atom. The predicted octanol–water partition coefficient (Wildman–Crippen LogP) is 0.699. The van der Waals surface area contributed by atoms with Gasteiger partial charge in [0.2, 0.25) is 0 Å². The molecule has 3 N–H and O–H groups in total. The molecule has 3 unspecified atom stereocenters. The first-order valence-corrected chi connectivity index (χ1v) is 5.37. The average Bonchev–Trinajstić information content (AvgIpc) is 2.25. The molecule has 90 valence electrons. The molecule has 1 aromatic carbocycles. The molecule has 0 amide bonds. The van der Waals surface area contributed by atoms with E-state index in [0.29, 0.717) is 0 Å². The molecule has 0 aliphatic rings. The maximum atomic E-state index is 9.92. The van der Waals surface area contributed by atoms with E-state index < -0.39 is 18.6 Å². The van der Waals surface area contributed by atoms with Gasteiger partial charge in [-0.15, -0.1) is 0 Å². The highest BCUT2D eigenvalue weighted by atomic mass is 16.3. The number of hydrogen-bond donors (Lipinski definition) is 3. The summed E-state index contributed by atoms with van der Waals surface area (Å²) in [6.45, 7) is 3.31. The van der Waals surface area contributed by atoms with Crippen molar-refractivity contribution in [3.63, 3.8) is 0 Å². The molecule has 0 heterocycles. The normalized spacial score (nSPS) is 17.1. The molecular formula is C12H19NO3. The van der Waals surface area contributed by atoms with E-state index in [2.05, 4.69) is 0 Å². The maximum Gasteiger partial charge on any atom is 0.106 e. The molecule has 0 bridgehead atoms. The summed E-state index contributed by atoms with van der Waals surface area (Å²) < 4.78 is 0. The summed E-state index contributed by atoms with van der Waals surface area (Å²) >= 11 is 0. The third-order valence-electron chi connectivity index (χ3n) is 2.53. The van der Waals surface area contributed by atoms with E-state index in [1.807, 2.05) is 30.3 Å². The predicted molar refractivity (Wildman–Crippen MR) is 61.5 cm³/mol. The van der Waals surface area contributed by atoms with E-state index >= 15 is 0 Å². The fourth-order valence-electron chi connectivity index (χ4n) is 1.60. The molecule has 0 spiro atoms. The molecule has 1 aromatic rings. The Bertz CT molecular complexity index is 292. The van der Waals surface area contributed by atoms with E-state index in [-0.39, 0.29) is 6.54 Å². The lowest BCUT2D eigenvalue weighted by Crippen LogP contribution is -2.42. The van der Waals surface area contributed by atoms with Gasteiger partial charge in [0, 0.05) is 6.54 Å². The summed E-state index contributed by atoms with van der Waals surface area (Å²) in [6, 6.07) is 9.18. The van der Waals surface area contributed by atoms with Crippen molar-refractivity contribution in [3.8, 4) is 0 Å². The van der Waals surface area contributed by atoms with Crippen molar-refractivity contribution in [1.29, 1.82) is 0 Å². The van der Waals surface area contributed by atoms with Crippen molar-refractivity contribution in [1.82, 2.24) is 4.90 Å². The van der Waals surface area contributed by atoms with Crippen LogP contribution in [0.3, 0.4) is 0 Å². The van der Waals surface area contributed by atoms with Crippen LogP contribution < -0.4 is 0 Å². The molecule has 0 aliphatic heterocycles. The zero-order valence-corrected chi connectivity index (χ0v) is 9.61. The molecule has 0 aromatic heterocycles. The fraction of sp³-hybridized carbons (Fsp3) is 0.500. The number of hydrogen-bond acceptors (Lipinski definition) is 4. The van der Waals surface area contributed by atoms with Crippen LogP contribution in [0, 0.1) is 0 Å². The molecule has 0 saturated carbocycles. The van der Waals surface area contributed by atoms with Crippen molar-refractivity contribution < 1.29 is 15.3 Å². The number of aliphatic hydroxyl groups excluding tert-OH is 3. The van der Waals surface area contributed by atoms with Crippen molar-refractivity contribution >= 4 is 0 Å². The SMILES string of the molecule is CC(O)N(CC(O)c1ccccc1)C(C)O. The second-order valence-corrected chi connectivity index (χ2v) is 3.89. The minimum atomic E-state index is -0.793. The number of benzene rings is 1. The standard InChI is InChI=1S/C12H19NO3/c1-9(14)13(10(2)15)8-12(16)11-6-4-3-5-7-11/h3-7,9-10,12,14-16H,8H2,1-2H3. The van der Waals surface area contributed by atoms with E-state index in [9.17, 15) is 15.3 Å². The van der Waals surface area contributed by atoms with Crippen molar-refractivity contribution in [3.05, 3.63) is 35.9 Å². The zero-order chi connectivity index (χ0) is 12.1. The van der Waals surface area contributed by atoms with E-state index in [1.54, 1.807) is 13.8 Å². The molecule has 0 fully saturated rings. The van der Waals surface area contributed by atoms with Gasteiger partial charge in [0.25, 0.3) is 0 Å². The zero-order valence-electron chi connectivity index (χ0n) is 9.61. The van der Waals surface area contributed by atoms with Gasteiger partial charge in [0.1, 0.15) is 12.5 Å². The van der Waals surface area contributed by atoms with Crippen LogP contribution in [-0.2, 0) is 0 Å². The van der Waals surface area contributed by atoms with Gasteiger partial charge in [-0.25, -0.2) is 0 Å². The Labute approximate surface area is 95.8 Å². The van der Waals surface area contributed by atoms with Gasteiger partial charge in [0.15, 0.2) is 0 Å². The Kier molecular flexibility index (Phi) is 4.89. The van der Waals surface area contributed by atoms with E-state index in [0.717, 1.165) is 5.56 Å². The molecule has 16 heavy (non-hydrogen) atoms. The highest BCUT2D eigenvalue weighted by Gasteiger charge is 2.20. The fourth-order valence-corrected chi connectivity index (χ4v) is 1.60. The Morgan fingerprint density at radius 2 is 1.50 bits per heavy atom. The molecule has 0 saturated heterocycles. The summed E-state index contributed by atoms with van der Waals surface area (Å²) in [7, 11) is 0. The molecule has 4 nitrogen and oxygen atoms in total. The monoisotopic (exact) mass is 225 g/mol. The second kappa shape index (κ2) is 5.96. The molecule has 3 atom stereocenters. The molecule has 0 radical (unpaired) electrons. The van der Waals surface area contributed by atoms with E-state index in [4.69, 9.17) is 0 Å². The molecule has 1 rings (SSSR count). The second-order valence-electron chi connectivity index (χ2n) is 3.89. The average molecular weight is 225 g/mol. The maximum absolute atomic E-state index is 9.92. The van der Waals surface area contributed by atoms with Crippen LogP contribution in [0.2, 0.25) is 0 Å². The summed E-state index contributed by atoms with van der Waals surface area (Å²) in [4.78, 5) is 1.41. The van der Waals surface area contributed by atoms with Gasteiger partial charge in [-0.05, 0) is 19.4 Å². The highest BCUT2D eigenvalue weighted by molar-refractivity contribution is 5.17. The lowest BCUT2D eigenvalue weighted by molar-refractivity contribution is -0.101. The topological polar surface area (TPSA) is 63.9 Å². The smallest absolute Gasteiger partial charge is 0.106 e. The largest absolute Gasteiger partial charge is 0.387 e. The molecule has 4 heteroatoms. The van der Waals surface area contributed by atoms with Crippen molar-refractivity contribution in [2.24, 2.45) is 0 Å².